The number of nitrogens with one attached hydrogen (secondary N) is 1. The van der Waals surface area contributed by atoms with Crippen LogP contribution in [0, 0.1) is 0 Å². The Labute approximate surface area is 146 Å². The van der Waals surface area contributed by atoms with Crippen LogP contribution in [-0.2, 0) is 24.3 Å². The molecule has 0 fully saturated rings. The van der Waals surface area contributed by atoms with Crippen molar-refractivity contribution in [1.82, 2.24) is 5.32 Å². The summed E-state index contributed by atoms with van der Waals surface area (Å²) in [6.07, 6.45) is 1.36. The maximum atomic E-state index is 12.3. The number of hydrogen-bond acceptors (Lipinski definition) is 4. The van der Waals surface area contributed by atoms with Gasteiger partial charge in [-0.2, -0.15) is 0 Å². The predicted octanol–water partition coefficient (Wildman–Crippen LogP) is 3.40. The molecule has 0 spiro atoms. The highest BCUT2D eigenvalue weighted by Crippen LogP contribution is 2.17. The molecule has 0 saturated heterocycles. The lowest BCUT2D eigenvalue weighted by Gasteiger charge is -2.10. The summed E-state index contributed by atoms with van der Waals surface area (Å²) in [5.41, 5.74) is 1.99. The minimum atomic E-state index is -1.10. The van der Waals surface area contributed by atoms with Gasteiger partial charge in [-0.05, 0) is 17.5 Å². The number of aryl methyl sites for hydroxylation is 1. The maximum absolute atomic E-state index is 12.3. The first-order valence-electron chi connectivity index (χ1n) is 8.35. The molecule has 0 bridgehead atoms. The van der Waals surface area contributed by atoms with Crippen molar-refractivity contribution in [3.8, 4) is 0 Å². The Balaban J connectivity index is 2.04. The van der Waals surface area contributed by atoms with Crippen LogP contribution >= 0.6 is 0 Å². The predicted molar refractivity (Wildman–Crippen MR) is 92.6 cm³/mol. The van der Waals surface area contributed by atoms with E-state index in [9.17, 15) is 9.59 Å². The smallest absolute Gasteiger partial charge is 0.339 e. The molecule has 0 atom stereocenters. The number of carboxylic acid groups (broad SMARTS) is 1. The number of carbonyl (C=O) groups excluding carboxylic acids is 1. The van der Waals surface area contributed by atoms with E-state index < -0.39 is 11.9 Å². The third kappa shape index (κ3) is 4.93. The average Bonchev–Trinajstić information content (AvgIpc) is 3.05. The van der Waals surface area contributed by atoms with E-state index in [1.807, 2.05) is 31.2 Å². The Morgan fingerprint density at radius 1 is 1.20 bits per heavy atom. The molecule has 1 aromatic heterocycles. The summed E-state index contributed by atoms with van der Waals surface area (Å²) in [5.74, 6) is -1.23. The lowest BCUT2D eigenvalue weighted by molar-refractivity contribution is 0.0694. The van der Waals surface area contributed by atoms with Gasteiger partial charge < -0.3 is 19.6 Å². The van der Waals surface area contributed by atoms with Gasteiger partial charge in [-0.3, -0.25) is 4.79 Å². The van der Waals surface area contributed by atoms with Gasteiger partial charge in [-0.25, -0.2) is 4.79 Å². The second-order valence-electron chi connectivity index (χ2n) is 5.61. The third-order valence-corrected chi connectivity index (χ3v) is 3.75. The van der Waals surface area contributed by atoms with Gasteiger partial charge in [-0.15, -0.1) is 0 Å². The van der Waals surface area contributed by atoms with Crippen molar-refractivity contribution < 1.29 is 23.8 Å². The number of amides is 1. The van der Waals surface area contributed by atoms with Crippen LogP contribution in [0.4, 0.5) is 0 Å². The van der Waals surface area contributed by atoms with Crippen molar-refractivity contribution in [3.05, 3.63) is 58.5 Å². The van der Waals surface area contributed by atoms with E-state index in [1.165, 1.54) is 6.07 Å². The molecular formula is C19H23NO5. The number of benzene rings is 1. The van der Waals surface area contributed by atoms with E-state index in [2.05, 4.69) is 5.32 Å². The van der Waals surface area contributed by atoms with Crippen LogP contribution in [0.2, 0.25) is 0 Å². The summed E-state index contributed by atoms with van der Waals surface area (Å²) in [5, 5.41) is 11.9. The summed E-state index contributed by atoms with van der Waals surface area (Å²) in [7, 11) is 0. The lowest BCUT2D eigenvalue weighted by Crippen LogP contribution is -2.23. The normalized spacial score (nSPS) is 10.6. The number of rotatable bonds is 9. The zero-order valence-electron chi connectivity index (χ0n) is 14.5. The zero-order valence-corrected chi connectivity index (χ0v) is 14.5. The van der Waals surface area contributed by atoms with Crippen LogP contribution in [0.5, 0.6) is 0 Å². The summed E-state index contributed by atoms with van der Waals surface area (Å²) >= 11 is 0. The fourth-order valence-electron chi connectivity index (χ4n) is 2.44. The first-order chi connectivity index (χ1) is 12.1. The number of furan rings is 1. The molecule has 2 rings (SSSR count). The van der Waals surface area contributed by atoms with E-state index in [-0.39, 0.29) is 11.3 Å². The molecule has 134 valence electrons. The van der Waals surface area contributed by atoms with Gasteiger partial charge in [0.2, 0.25) is 0 Å². The molecule has 1 heterocycles. The SMILES string of the molecule is CCCOCc1ccccc1CNC(=O)c1cc(C(=O)O)c(CC)o1. The minimum absolute atomic E-state index is 0.00830. The first-order valence-corrected chi connectivity index (χ1v) is 8.35. The Bertz CT molecular complexity index is 735. The Hall–Kier alpha value is -2.60. The van der Waals surface area contributed by atoms with Crippen molar-refractivity contribution in [2.45, 2.75) is 39.8 Å². The monoisotopic (exact) mass is 345 g/mol. The molecule has 2 aromatic rings. The summed E-state index contributed by atoms with van der Waals surface area (Å²) in [6, 6.07) is 8.98. The Morgan fingerprint density at radius 3 is 2.52 bits per heavy atom. The Kier molecular flexibility index (Phi) is 6.77. The first kappa shape index (κ1) is 18.7. The van der Waals surface area contributed by atoms with Crippen molar-refractivity contribution in [2.75, 3.05) is 6.61 Å². The third-order valence-electron chi connectivity index (χ3n) is 3.75. The summed E-state index contributed by atoms with van der Waals surface area (Å²) < 4.78 is 10.9. The molecule has 1 aromatic carbocycles. The molecule has 0 radical (unpaired) electrons. The molecule has 0 unspecified atom stereocenters. The highest BCUT2D eigenvalue weighted by molar-refractivity contribution is 5.96. The number of carboxylic acids is 1. The molecule has 6 heteroatoms. The molecular weight excluding hydrogens is 322 g/mol. The molecule has 0 aliphatic heterocycles. The van der Waals surface area contributed by atoms with Gasteiger partial charge in [0.25, 0.3) is 5.91 Å². The van der Waals surface area contributed by atoms with Crippen LogP contribution < -0.4 is 5.32 Å². The Morgan fingerprint density at radius 2 is 1.92 bits per heavy atom. The van der Waals surface area contributed by atoms with Gasteiger partial charge in [0.05, 0.1) is 6.61 Å². The molecule has 6 nitrogen and oxygen atoms in total. The van der Waals surface area contributed by atoms with Crippen LogP contribution in [-0.4, -0.2) is 23.6 Å². The largest absolute Gasteiger partial charge is 0.478 e. The number of aromatic carboxylic acids is 1. The van der Waals surface area contributed by atoms with E-state index >= 15 is 0 Å². The molecule has 25 heavy (non-hydrogen) atoms. The molecule has 0 aliphatic carbocycles. The number of hydrogen-bond donors (Lipinski definition) is 2. The van der Waals surface area contributed by atoms with Crippen molar-refractivity contribution in [2.24, 2.45) is 0 Å². The minimum Gasteiger partial charge on any atom is -0.478 e. The van der Waals surface area contributed by atoms with Crippen LogP contribution in [0.25, 0.3) is 0 Å². The second kappa shape index (κ2) is 9.03. The number of ether oxygens (including phenoxy) is 1. The van der Waals surface area contributed by atoms with E-state index in [0.717, 1.165) is 17.5 Å². The van der Waals surface area contributed by atoms with Crippen molar-refractivity contribution in [3.63, 3.8) is 0 Å². The highest BCUT2D eigenvalue weighted by atomic mass is 16.5. The fourth-order valence-corrected chi connectivity index (χ4v) is 2.44. The van der Waals surface area contributed by atoms with Gasteiger partial charge >= 0.3 is 5.97 Å². The van der Waals surface area contributed by atoms with E-state index in [4.69, 9.17) is 14.3 Å². The van der Waals surface area contributed by atoms with Crippen molar-refractivity contribution >= 4 is 11.9 Å². The molecule has 2 N–H and O–H groups in total. The van der Waals surface area contributed by atoms with E-state index in [1.54, 1.807) is 6.92 Å². The molecule has 0 saturated carbocycles. The quantitative estimate of drug-likeness (QED) is 0.680. The standard InChI is InChI=1S/C19H23NO5/c1-3-9-24-12-14-8-6-5-7-13(14)11-20-18(21)17-10-15(19(22)23)16(4-2)25-17/h5-8,10H,3-4,9,11-12H2,1-2H3,(H,20,21)(H,22,23). The van der Waals surface area contributed by atoms with Gasteiger partial charge in [0, 0.05) is 25.6 Å². The second-order valence-corrected chi connectivity index (χ2v) is 5.61. The summed E-state index contributed by atoms with van der Waals surface area (Å²) in [4.78, 5) is 23.4. The van der Waals surface area contributed by atoms with E-state index in [0.29, 0.717) is 31.9 Å². The van der Waals surface area contributed by atoms with Crippen LogP contribution in [0.3, 0.4) is 0 Å². The topological polar surface area (TPSA) is 88.8 Å². The van der Waals surface area contributed by atoms with Crippen LogP contribution in [0.1, 0.15) is 58.1 Å². The fraction of sp³-hybridized carbons (Fsp3) is 0.368. The number of carbonyl (C=O) groups is 2. The summed E-state index contributed by atoms with van der Waals surface area (Å²) in [6.45, 7) is 5.31. The molecule has 1 amide bonds. The van der Waals surface area contributed by atoms with Gasteiger partial charge in [-0.1, -0.05) is 38.1 Å². The average molecular weight is 345 g/mol. The van der Waals surface area contributed by atoms with Crippen molar-refractivity contribution in [1.29, 1.82) is 0 Å². The van der Waals surface area contributed by atoms with Gasteiger partial charge in [0.15, 0.2) is 5.76 Å². The maximum Gasteiger partial charge on any atom is 0.339 e. The zero-order chi connectivity index (χ0) is 18.2. The van der Waals surface area contributed by atoms with Crippen LogP contribution in [0.15, 0.2) is 34.7 Å². The van der Waals surface area contributed by atoms with Gasteiger partial charge in [0.1, 0.15) is 11.3 Å². The highest BCUT2D eigenvalue weighted by Gasteiger charge is 2.20. The lowest BCUT2D eigenvalue weighted by atomic mass is 10.1. The molecule has 0 aliphatic rings.